The van der Waals surface area contributed by atoms with Crippen LogP contribution < -0.4 is 10.6 Å². The second-order valence-electron chi connectivity index (χ2n) is 4.72. The van der Waals surface area contributed by atoms with Crippen LogP contribution >= 0.6 is 7.14 Å². The van der Waals surface area contributed by atoms with Crippen molar-refractivity contribution in [3.8, 4) is 0 Å². The Morgan fingerprint density at radius 3 is 2.57 bits per heavy atom. The van der Waals surface area contributed by atoms with Crippen molar-refractivity contribution in [3.05, 3.63) is 42.3 Å². The van der Waals surface area contributed by atoms with Gasteiger partial charge in [0.15, 0.2) is 0 Å². The van der Waals surface area contributed by atoms with Gasteiger partial charge in [0.05, 0.1) is 5.69 Å². The number of alkyl halides is 3. The fourth-order valence-electron chi connectivity index (χ4n) is 1.77. The van der Waals surface area contributed by atoms with Crippen LogP contribution in [0, 0.1) is 0 Å². The third-order valence-electron chi connectivity index (χ3n) is 2.71. The van der Waals surface area contributed by atoms with Gasteiger partial charge in [0.2, 0.25) is 0 Å². The number of para-hydroxylation sites is 1. The van der Waals surface area contributed by atoms with Gasteiger partial charge in [-0.1, -0.05) is 12.1 Å². The van der Waals surface area contributed by atoms with Crippen molar-refractivity contribution in [2.75, 3.05) is 18.6 Å². The quantitative estimate of drug-likeness (QED) is 0.881. The second-order valence-corrected chi connectivity index (χ2v) is 7.91. The lowest BCUT2D eigenvalue weighted by Crippen LogP contribution is -2.14. The minimum atomic E-state index is -4.66. The summed E-state index contributed by atoms with van der Waals surface area (Å²) >= 11 is 0. The molecule has 0 amide bonds. The van der Waals surface area contributed by atoms with E-state index >= 15 is 0 Å². The van der Waals surface area contributed by atoms with Crippen molar-refractivity contribution in [1.82, 2.24) is 9.97 Å². The highest BCUT2D eigenvalue weighted by Crippen LogP contribution is 2.39. The van der Waals surface area contributed by atoms with Gasteiger partial charge in [0.25, 0.3) is 0 Å². The Labute approximate surface area is 121 Å². The van der Waals surface area contributed by atoms with Crippen molar-refractivity contribution < 1.29 is 19.1 Å². The molecule has 0 saturated carbocycles. The molecule has 1 aromatic carbocycles. The van der Waals surface area contributed by atoms with Crippen LogP contribution in [0.25, 0.3) is 0 Å². The van der Waals surface area contributed by atoms with Crippen molar-refractivity contribution in [2.24, 2.45) is 0 Å². The Kier molecular flexibility index (Phi) is 3.68. The number of halogens is 3. The number of rotatable bonds is 3. The van der Waals surface area contributed by atoms with Gasteiger partial charge in [-0.2, -0.15) is 13.2 Å². The van der Waals surface area contributed by atoms with E-state index < -0.39 is 31.0 Å². The van der Waals surface area contributed by atoms with E-state index in [-0.39, 0.29) is 5.69 Å². The first-order valence-corrected chi connectivity index (χ1v) is 8.51. The molecule has 21 heavy (non-hydrogen) atoms. The first-order valence-electron chi connectivity index (χ1n) is 6.41. The van der Waals surface area contributed by atoms with E-state index in [9.17, 15) is 17.7 Å². The van der Waals surface area contributed by atoms with E-state index in [1.54, 1.807) is 18.2 Å². The highest BCUT2D eigenvalue weighted by molar-refractivity contribution is 7.70. The summed E-state index contributed by atoms with van der Waals surface area (Å²) in [5.74, 6) is -0.534. The number of aromatic nitrogens is 2. The Hall–Kier alpha value is -1.88. The lowest BCUT2D eigenvalue weighted by Gasteiger charge is -2.17. The number of nitrogens with one attached hydrogen (secondary N) is 1. The zero-order valence-electron chi connectivity index (χ0n) is 12.3. The van der Waals surface area contributed by atoms with Crippen LogP contribution in [-0.4, -0.2) is 23.3 Å². The Morgan fingerprint density at radius 2 is 1.95 bits per heavy atom. The zero-order valence-corrected chi connectivity index (χ0v) is 12.2. The molecule has 0 radical (unpaired) electrons. The predicted octanol–water partition coefficient (Wildman–Crippen LogP) is 3.49. The van der Waals surface area contributed by atoms with Crippen LogP contribution in [0.5, 0.6) is 0 Å². The third kappa shape index (κ3) is 3.61. The molecule has 0 spiro atoms. The molecule has 0 fully saturated rings. The molecule has 0 unspecified atom stereocenters. The maximum Gasteiger partial charge on any atom is 0.421 e. The minimum Gasteiger partial charge on any atom is -0.339 e. The minimum absolute atomic E-state index is 0.263. The van der Waals surface area contributed by atoms with Gasteiger partial charge in [-0.3, -0.25) is 0 Å². The lowest BCUT2D eigenvalue weighted by molar-refractivity contribution is -0.137. The van der Waals surface area contributed by atoms with E-state index in [2.05, 4.69) is 15.3 Å². The van der Waals surface area contributed by atoms with Crippen LogP contribution in [0.3, 0.4) is 0 Å². The molecule has 1 aromatic heterocycles. The Morgan fingerprint density at radius 1 is 1.29 bits per heavy atom. The standard InChI is InChI=1S/C13H13F3N3OP/c1-21(2,20)11-6-4-3-5-10(11)19-12-9(13(14,15)16)7-17-8-18-12/h3-8H,1-2H3,(H,17,18,19)/i8D. The first kappa shape index (κ1) is 14.1. The second kappa shape index (κ2) is 5.48. The normalized spacial score (nSPS) is 12.9. The van der Waals surface area contributed by atoms with Gasteiger partial charge >= 0.3 is 6.18 Å². The molecule has 2 rings (SSSR count). The highest BCUT2D eigenvalue weighted by atomic mass is 31.2. The number of benzene rings is 1. The molecular weight excluding hydrogens is 302 g/mol. The van der Waals surface area contributed by atoms with Crippen molar-refractivity contribution in [3.63, 3.8) is 0 Å². The van der Waals surface area contributed by atoms with E-state index in [4.69, 9.17) is 1.37 Å². The van der Waals surface area contributed by atoms with Crippen molar-refractivity contribution >= 4 is 24.0 Å². The van der Waals surface area contributed by atoms with Crippen LogP contribution in [0.4, 0.5) is 24.7 Å². The average molecular weight is 316 g/mol. The number of nitrogens with zero attached hydrogens (tertiary/aromatic N) is 2. The molecule has 1 N–H and O–H groups in total. The number of anilines is 2. The summed E-state index contributed by atoms with van der Waals surface area (Å²) in [5, 5.41) is 2.94. The fraction of sp³-hybridized carbons (Fsp3) is 0.231. The molecule has 0 atom stereocenters. The Bertz CT molecular complexity index is 746. The number of hydrogen-bond acceptors (Lipinski definition) is 4. The van der Waals surface area contributed by atoms with Crippen LogP contribution in [-0.2, 0) is 10.7 Å². The molecule has 8 heteroatoms. The van der Waals surface area contributed by atoms with E-state index in [1.165, 1.54) is 19.4 Å². The maximum absolute atomic E-state index is 13.0. The summed E-state index contributed by atoms with van der Waals surface area (Å²) in [6.45, 7) is 3.04. The van der Waals surface area contributed by atoms with Gasteiger partial charge in [-0.05, 0) is 25.5 Å². The summed E-state index contributed by atoms with van der Waals surface area (Å²) in [5.41, 5.74) is -0.820. The van der Waals surface area contributed by atoms with E-state index in [1.807, 2.05) is 0 Å². The van der Waals surface area contributed by atoms with Gasteiger partial charge in [-0.15, -0.1) is 0 Å². The average Bonchev–Trinajstić information content (AvgIpc) is 2.36. The van der Waals surface area contributed by atoms with Gasteiger partial charge in [0.1, 0.15) is 26.2 Å². The van der Waals surface area contributed by atoms with Crippen LogP contribution in [0.1, 0.15) is 6.93 Å². The van der Waals surface area contributed by atoms with E-state index in [0.717, 1.165) is 0 Å². The summed E-state index contributed by atoms with van der Waals surface area (Å²) in [6.07, 6.45) is -4.64. The molecule has 0 bridgehead atoms. The molecule has 0 aliphatic carbocycles. The maximum atomic E-state index is 13.0. The highest BCUT2D eigenvalue weighted by Gasteiger charge is 2.35. The van der Waals surface area contributed by atoms with Crippen molar-refractivity contribution in [1.29, 1.82) is 0 Å². The summed E-state index contributed by atoms with van der Waals surface area (Å²) in [7, 11) is -2.69. The monoisotopic (exact) mass is 316 g/mol. The fourth-order valence-corrected chi connectivity index (χ4v) is 2.93. The molecule has 0 saturated heterocycles. The summed E-state index contributed by atoms with van der Waals surface area (Å²) in [6, 6.07) is 6.36. The molecule has 0 aliphatic heterocycles. The van der Waals surface area contributed by atoms with Gasteiger partial charge < -0.3 is 9.88 Å². The summed E-state index contributed by atoms with van der Waals surface area (Å²) in [4.78, 5) is 6.75. The first-order chi connectivity index (χ1) is 10.1. The SMILES string of the molecule is [2H]c1ncc(C(F)(F)F)c(Nc2ccccc2P(C)(C)=O)n1. The topological polar surface area (TPSA) is 54.9 Å². The largest absolute Gasteiger partial charge is 0.421 e. The zero-order chi connectivity index (χ0) is 16.5. The molecule has 112 valence electrons. The molecular formula is C13H13F3N3OP. The molecule has 2 aromatic rings. The van der Waals surface area contributed by atoms with Crippen LogP contribution in [0.2, 0.25) is 0 Å². The lowest BCUT2D eigenvalue weighted by atomic mass is 10.2. The Balaban J connectivity index is 2.53. The van der Waals surface area contributed by atoms with Gasteiger partial charge in [0, 0.05) is 11.5 Å². The number of hydrogen-bond donors (Lipinski definition) is 1. The van der Waals surface area contributed by atoms with Crippen LogP contribution in [0.15, 0.2) is 36.8 Å². The van der Waals surface area contributed by atoms with Gasteiger partial charge in [-0.25, -0.2) is 9.97 Å². The van der Waals surface area contributed by atoms with Crippen molar-refractivity contribution in [2.45, 2.75) is 6.18 Å². The molecule has 0 aliphatic rings. The van der Waals surface area contributed by atoms with E-state index in [0.29, 0.717) is 11.5 Å². The molecule has 1 heterocycles. The smallest absolute Gasteiger partial charge is 0.339 e. The molecule has 4 nitrogen and oxygen atoms in total. The third-order valence-corrected chi connectivity index (χ3v) is 4.26. The predicted molar refractivity (Wildman–Crippen MR) is 75.8 cm³/mol. The summed E-state index contributed by atoms with van der Waals surface area (Å²) < 4.78 is 58.5.